The van der Waals surface area contributed by atoms with E-state index in [4.69, 9.17) is 9.47 Å². The fourth-order valence-corrected chi connectivity index (χ4v) is 2.25. The van der Waals surface area contributed by atoms with Crippen molar-refractivity contribution in [3.05, 3.63) is 35.9 Å². The first-order valence-corrected chi connectivity index (χ1v) is 9.50. The van der Waals surface area contributed by atoms with Crippen molar-refractivity contribution >= 4 is 29.9 Å². The van der Waals surface area contributed by atoms with Gasteiger partial charge in [-0.25, -0.2) is 0 Å². The Morgan fingerprint density at radius 1 is 0.885 bits per heavy atom. The lowest BCUT2D eigenvalue weighted by Gasteiger charge is -2.12. The van der Waals surface area contributed by atoms with E-state index in [2.05, 4.69) is 34.7 Å². The van der Waals surface area contributed by atoms with Crippen LogP contribution in [0.25, 0.3) is 0 Å². The fraction of sp³-hybridized carbons (Fsp3) is 0.650. The molecule has 0 unspecified atom stereocenters. The van der Waals surface area contributed by atoms with Crippen molar-refractivity contribution < 1.29 is 9.47 Å². The summed E-state index contributed by atoms with van der Waals surface area (Å²) in [5.41, 5.74) is 1.23. The third-order valence-corrected chi connectivity index (χ3v) is 3.74. The molecule has 0 aliphatic carbocycles. The zero-order valence-electron chi connectivity index (χ0n) is 16.3. The molecule has 26 heavy (non-hydrogen) atoms. The molecule has 1 aromatic rings. The Hall–Kier alpha value is -0.860. The number of rotatable bonds is 14. The van der Waals surface area contributed by atoms with E-state index in [-0.39, 0.29) is 24.0 Å². The topological polar surface area (TPSA) is 54.9 Å². The van der Waals surface area contributed by atoms with E-state index in [9.17, 15) is 0 Å². The highest BCUT2D eigenvalue weighted by Gasteiger charge is 1.97. The smallest absolute Gasteiger partial charge is 0.190 e. The molecule has 0 saturated carbocycles. The number of nitrogens with one attached hydrogen (secondary N) is 2. The highest BCUT2D eigenvalue weighted by atomic mass is 127. The fourth-order valence-electron chi connectivity index (χ4n) is 2.25. The monoisotopic (exact) mass is 477 g/mol. The second kappa shape index (κ2) is 18.9. The molecule has 1 aromatic carbocycles. The summed E-state index contributed by atoms with van der Waals surface area (Å²) in [7, 11) is 1.80. The highest BCUT2D eigenvalue weighted by Crippen LogP contribution is 2.01. The van der Waals surface area contributed by atoms with Gasteiger partial charge in [0.15, 0.2) is 5.96 Å². The van der Waals surface area contributed by atoms with Gasteiger partial charge in [-0.3, -0.25) is 4.99 Å². The second-order valence-corrected chi connectivity index (χ2v) is 5.99. The van der Waals surface area contributed by atoms with Crippen LogP contribution in [-0.2, 0) is 16.1 Å². The Kier molecular flexibility index (Phi) is 18.3. The van der Waals surface area contributed by atoms with E-state index in [0.29, 0.717) is 6.61 Å². The first-order valence-electron chi connectivity index (χ1n) is 9.50. The number of aliphatic imine (C=N–C) groups is 1. The van der Waals surface area contributed by atoms with Crippen molar-refractivity contribution in [2.75, 3.05) is 40.0 Å². The molecular weight excluding hydrogens is 441 g/mol. The quantitative estimate of drug-likeness (QED) is 0.184. The molecule has 0 fully saturated rings. The first kappa shape index (κ1) is 25.1. The predicted molar refractivity (Wildman–Crippen MR) is 120 cm³/mol. The largest absolute Gasteiger partial charge is 0.381 e. The van der Waals surface area contributed by atoms with E-state index in [0.717, 1.165) is 64.6 Å². The third kappa shape index (κ3) is 14.3. The normalized spacial score (nSPS) is 11.1. The Bertz CT molecular complexity index is 444. The number of ether oxygens (including phenoxy) is 2. The molecule has 0 amide bonds. The molecule has 2 N–H and O–H groups in total. The molecule has 0 aliphatic rings. The van der Waals surface area contributed by atoms with Gasteiger partial charge in [-0.05, 0) is 31.2 Å². The van der Waals surface area contributed by atoms with E-state index in [1.165, 1.54) is 12.0 Å². The van der Waals surface area contributed by atoms with Crippen LogP contribution in [0.2, 0.25) is 0 Å². The van der Waals surface area contributed by atoms with Crippen LogP contribution in [-0.4, -0.2) is 45.9 Å². The van der Waals surface area contributed by atoms with Gasteiger partial charge in [0, 0.05) is 40.0 Å². The summed E-state index contributed by atoms with van der Waals surface area (Å²) >= 11 is 0. The average Bonchev–Trinajstić information content (AvgIpc) is 2.65. The maximum Gasteiger partial charge on any atom is 0.190 e. The van der Waals surface area contributed by atoms with Crippen molar-refractivity contribution in [2.45, 2.75) is 45.6 Å². The van der Waals surface area contributed by atoms with Crippen LogP contribution in [0.15, 0.2) is 35.3 Å². The summed E-state index contributed by atoms with van der Waals surface area (Å²) in [6.45, 7) is 7.12. The Morgan fingerprint density at radius 3 is 2.23 bits per heavy atom. The van der Waals surface area contributed by atoms with Gasteiger partial charge in [0.25, 0.3) is 0 Å². The van der Waals surface area contributed by atoms with Gasteiger partial charge in [-0.1, -0.05) is 43.7 Å². The van der Waals surface area contributed by atoms with Crippen LogP contribution in [0, 0.1) is 0 Å². The summed E-state index contributed by atoms with van der Waals surface area (Å²) in [5.74, 6) is 0.860. The summed E-state index contributed by atoms with van der Waals surface area (Å²) < 4.78 is 11.2. The maximum absolute atomic E-state index is 5.69. The third-order valence-electron chi connectivity index (χ3n) is 3.74. The molecule has 0 atom stereocenters. The minimum Gasteiger partial charge on any atom is -0.381 e. The number of hydrogen-bond acceptors (Lipinski definition) is 3. The summed E-state index contributed by atoms with van der Waals surface area (Å²) in [4.78, 5) is 4.23. The number of benzene rings is 1. The van der Waals surface area contributed by atoms with E-state index >= 15 is 0 Å². The van der Waals surface area contributed by atoms with Crippen LogP contribution in [0.1, 0.15) is 44.6 Å². The van der Waals surface area contributed by atoms with E-state index in [1.54, 1.807) is 7.05 Å². The van der Waals surface area contributed by atoms with Crippen molar-refractivity contribution in [1.29, 1.82) is 0 Å². The highest BCUT2D eigenvalue weighted by molar-refractivity contribution is 14.0. The Balaban J connectivity index is 0.00000625. The molecule has 0 radical (unpaired) electrons. The molecule has 150 valence electrons. The number of hydrogen-bond donors (Lipinski definition) is 2. The molecule has 6 heteroatoms. The number of unbranched alkanes of at least 4 members (excludes halogenated alkanes) is 2. The van der Waals surface area contributed by atoms with Gasteiger partial charge in [0.1, 0.15) is 0 Å². The van der Waals surface area contributed by atoms with Gasteiger partial charge < -0.3 is 20.1 Å². The van der Waals surface area contributed by atoms with Crippen LogP contribution >= 0.6 is 24.0 Å². The molecule has 1 rings (SSSR count). The average molecular weight is 477 g/mol. The van der Waals surface area contributed by atoms with Gasteiger partial charge in [0.2, 0.25) is 0 Å². The lowest BCUT2D eigenvalue weighted by molar-refractivity contribution is 0.117. The molecule has 0 aromatic heterocycles. The first-order chi connectivity index (χ1) is 12.4. The minimum atomic E-state index is 0. The van der Waals surface area contributed by atoms with E-state index in [1.807, 2.05) is 18.2 Å². The summed E-state index contributed by atoms with van der Waals surface area (Å²) in [6.07, 6.45) is 5.44. The molecular formula is C20H36IN3O2. The standard InChI is InChI=1S/C20H35N3O2.HI/c1-3-4-15-24-17-10-14-23-20(21-2)22-13-8-9-16-25-18-19-11-6-5-7-12-19;/h5-7,11-12H,3-4,8-10,13-18H2,1-2H3,(H2,21,22,23);1H. The zero-order chi connectivity index (χ0) is 18.0. The molecule has 0 aliphatic heterocycles. The lowest BCUT2D eigenvalue weighted by atomic mass is 10.2. The van der Waals surface area contributed by atoms with Crippen molar-refractivity contribution in [3.8, 4) is 0 Å². The van der Waals surface area contributed by atoms with Crippen molar-refractivity contribution in [3.63, 3.8) is 0 Å². The number of halogens is 1. The molecule has 5 nitrogen and oxygen atoms in total. The van der Waals surface area contributed by atoms with Crippen LogP contribution < -0.4 is 10.6 Å². The minimum absolute atomic E-state index is 0. The molecule has 0 bridgehead atoms. The predicted octanol–water partition coefficient (Wildman–Crippen LogP) is 3.97. The van der Waals surface area contributed by atoms with Gasteiger partial charge in [0.05, 0.1) is 6.61 Å². The molecule has 0 heterocycles. The van der Waals surface area contributed by atoms with Gasteiger partial charge in [-0.2, -0.15) is 0 Å². The van der Waals surface area contributed by atoms with Crippen LogP contribution in [0.3, 0.4) is 0 Å². The Labute approximate surface area is 176 Å². The molecule has 0 saturated heterocycles. The van der Waals surface area contributed by atoms with Gasteiger partial charge in [-0.15, -0.1) is 24.0 Å². The Morgan fingerprint density at radius 2 is 1.54 bits per heavy atom. The van der Waals surface area contributed by atoms with Crippen LogP contribution in [0.4, 0.5) is 0 Å². The SMILES string of the molecule is CCCCOCCCNC(=NC)NCCCCOCc1ccccc1.I. The summed E-state index contributed by atoms with van der Waals surface area (Å²) in [5, 5.41) is 6.64. The van der Waals surface area contributed by atoms with Crippen molar-refractivity contribution in [2.24, 2.45) is 4.99 Å². The molecule has 0 spiro atoms. The van der Waals surface area contributed by atoms with Crippen LogP contribution in [0.5, 0.6) is 0 Å². The van der Waals surface area contributed by atoms with Crippen molar-refractivity contribution in [1.82, 2.24) is 10.6 Å². The van der Waals surface area contributed by atoms with E-state index < -0.39 is 0 Å². The summed E-state index contributed by atoms with van der Waals surface area (Å²) in [6, 6.07) is 10.3. The second-order valence-electron chi connectivity index (χ2n) is 5.99. The lowest BCUT2D eigenvalue weighted by Crippen LogP contribution is -2.38. The number of nitrogens with zero attached hydrogens (tertiary/aromatic N) is 1. The maximum atomic E-state index is 5.69. The van der Waals surface area contributed by atoms with Gasteiger partial charge >= 0.3 is 0 Å². The number of guanidine groups is 1. The zero-order valence-corrected chi connectivity index (χ0v) is 18.7.